The molecule has 2 atom stereocenters. The normalized spacial score (nSPS) is 13.4. The fourth-order valence-electron chi connectivity index (χ4n) is 4.34. The first-order chi connectivity index (χ1) is 18.1. The van der Waals surface area contributed by atoms with Gasteiger partial charge in [0.2, 0.25) is 10.0 Å². The molecule has 0 bridgehead atoms. The van der Waals surface area contributed by atoms with Crippen LogP contribution in [0.5, 0.6) is 0 Å². The number of aliphatic hydroxyl groups is 1. The molecule has 2 aromatic carbocycles. The fraction of sp³-hybridized carbons (Fsp3) is 0.259. The molecular formula is C27H31N5O5S. The number of anilines is 1. The van der Waals surface area contributed by atoms with E-state index < -0.39 is 22.1 Å². The van der Waals surface area contributed by atoms with E-state index in [1.807, 2.05) is 25.1 Å². The smallest absolute Gasteiger partial charge is 0.352 e. The largest absolute Gasteiger partial charge is 0.477 e. The number of nitrogen functional groups attached to an aromatic ring is 1. The number of pyridine rings is 1. The van der Waals surface area contributed by atoms with Gasteiger partial charge in [-0.2, -0.15) is 0 Å². The van der Waals surface area contributed by atoms with Gasteiger partial charge in [-0.25, -0.2) is 22.9 Å². The lowest BCUT2D eigenvalue weighted by molar-refractivity contribution is 0.0686. The summed E-state index contributed by atoms with van der Waals surface area (Å²) in [5, 5.41) is 24.4. The molecule has 0 radical (unpaired) electrons. The van der Waals surface area contributed by atoms with E-state index in [9.17, 15) is 23.4 Å². The molecule has 0 fully saturated rings. The molecule has 38 heavy (non-hydrogen) atoms. The quantitative estimate of drug-likeness (QED) is 0.195. The lowest BCUT2D eigenvalue weighted by atomic mass is 10.0. The Balaban J connectivity index is 1.48. The average molecular weight is 538 g/mol. The number of hydrogen-bond acceptors (Lipinski definition) is 7. The molecule has 4 rings (SSSR count). The maximum atomic E-state index is 12.0. The van der Waals surface area contributed by atoms with E-state index in [0.717, 1.165) is 22.0 Å². The Labute approximate surface area is 221 Å². The SMILES string of the molecule is CNS(=O)(=O)c1ccc(Cn2c(C(=O)O)cc3cc(CC(C)NCC(O)c4ccc(N)nc4)ccc32)cc1. The third-order valence-corrected chi connectivity index (χ3v) is 7.85. The first-order valence-corrected chi connectivity index (χ1v) is 13.6. The first kappa shape index (κ1) is 27.3. The molecule has 0 aliphatic heterocycles. The molecule has 10 nitrogen and oxygen atoms in total. The summed E-state index contributed by atoms with van der Waals surface area (Å²) in [7, 11) is -2.20. The summed E-state index contributed by atoms with van der Waals surface area (Å²) in [5.41, 5.74) is 9.00. The van der Waals surface area contributed by atoms with Crippen LogP contribution >= 0.6 is 0 Å². The first-order valence-electron chi connectivity index (χ1n) is 12.1. The number of sulfonamides is 1. The van der Waals surface area contributed by atoms with Crippen LogP contribution < -0.4 is 15.8 Å². The van der Waals surface area contributed by atoms with Gasteiger partial charge in [-0.3, -0.25) is 0 Å². The highest BCUT2D eigenvalue weighted by atomic mass is 32.2. The second-order valence-corrected chi connectivity index (χ2v) is 11.1. The number of hydrogen-bond donors (Lipinski definition) is 5. The van der Waals surface area contributed by atoms with E-state index in [4.69, 9.17) is 5.73 Å². The van der Waals surface area contributed by atoms with Crippen molar-refractivity contribution >= 4 is 32.7 Å². The fourth-order valence-corrected chi connectivity index (χ4v) is 5.07. The van der Waals surface area contributed by atoms with Crippen molar-refractivity contribution < 1.29 is 23.4 Å². The lowest BCUT2D eigenvalue weighted by Gasteiger charge is -2.17. The second-order valence-electron chi connectivity index (χ2n) is 9.21. The Morgan fingerprint density at radius 3 is 2.42 bits per heavy atom. The number of carbonyl (C=O) groups is 1. The zero-order valence-corrected chi connectivity index (χ0v) is 21.9. The van der Waals surface area contributed by atoms with Crippen molar-refractivity contribution in [1.29, 1.82) is 0 Å². The van der Waals surface area contributed by atoms with E-state index in [-0.39, 0.29) is 23.2 Å². The minimum Gasteiger partial charge on any atom is -0.477 e. The van der Waals surface area contributed by atoms with Crippen molar-refractivity contribution in [2.75, 3.05) is 19.3 Å². The van der Waals surface area contributed by atoms with Crippen LogP contribution in [-0.4, -0.2) is 53.8 Å². The lowest BCUT2D eigenvalue weighted by Crippen LogP contribution is -2.32. The van der Waals surface area contributed by atoms with Gasteiger partial charge in [0, 0.05) is 41.8 Å². The number of aromatic nitrogens is 2. The average Bonchev–Trinajstić information content (AvgIpc) is 3.25. The van der Waals surface area contributed by atoms with Crippen LogP contribution in [0.15, 0.2) is 71.8 Å². The standard InChI is InChI=1S/C27H31N5O5S/c1-17(30-15-25(33)20-6-10-26(28)31-14-20)11-19-5-9-23-21(12-19)13-24(27(34)35)32(23)16-18-3-7-22(8-4-18)38(36,37)29-2/h3-10,12-14,17,25,29-30,33H,11,15-16H2,1-2H3,(H2,28,31)(H,34,35). The summed E-state index contributed by atoms with van der Waals surface area (Å²) in [6, 6.07) is 17.3. The summed E-state index contributed by atoms with van der Waals surface area (Å²) in [6.07, 6.45) is 1.52. The highest BCUT2D eigenvalue weighted by molar-refractivity contribution is 7.89. The number of rotatable bonds is 11. The summed E-state index contributed by atoms with van der Waals surface area (Å²) in [6.45, 7) is 2.65. The molecule has 0 spiro atoms. The number of carboxylic acid groups (broad SMARTS) is 1. The van der Waals surface area contributed by atoms with Crippen LogP contribution in [0.3, 0.4) is 0 Å². The van der Waals surface area contributed by atoms with Gasteiger partial charge in [0.1, 0.15) is 11.5 Å². The van der Waals surface area contributed by atoms with Crippen LogP contribution in [0.4, 0.5) is 5.82 Å². The highest BCUT2D eigenvalue weighted by Gasteiger charge is 2.17. The highest BCUT2D eigenvalue weighted by Crippen LogP contribution is 2.24. The molecule has 0 saturated carbocycles. The van der Waals surface area contributed by atoms with Gasteiger partial charge in [0.15, 0.2) is 0 Å². The summed E-state index contributed by atoms with van der Waals surface area (Å²) in [5.74, 6) is -0.645. The number of aromatic carboxylic acids is 1. The number of nitrogens with zero attached hydrogens (tertiary/aromatic N) is 2. The van der Waals surface area contributed by atoms with E-state index in [0.29, 0.717) is 24.3 Å². The number of carboxylic acids is 1. The van der Waals surface area contributed by atoms with Crippen LogP contribution in [0.2, 0.25) is 0 Å². The minimum atomic E-state index is -3.55. The number of nitrogens with one attached hydrogen (secondary N) is 2. The zero-order valence-electron chi connectivity index (χ0n) is 21.1. The van der Waals surface area contributed by atoms with Gasteiger partial charge in [0.05, 0.1) is 11.0 Å². The Morgan fingerprint density at radius 2 is 1.79 bits per heavy atom. The summed E-state index contributed by atoms with van der Waals surface area (Å²) in [4.78, 5) is 16.2. The van der Waals surface area contributed by atoms with Crippen LogP contribution in [-0.2, 0) is 23.0 Å². The summed E-state index contributed by atoms with van der Waals surface area (Å²) >= 11 is 0. The van der Waals surface area contributed by atoms with Crippen molar-refractivity contribution in [2.45, 2.75) is 36.9 Å². The van der Waals surface area contributed by atoms with Crippen molar-refractivity contribution in [3.05, 3.63) is 89.2 Å². The van der Waals surface area contributed by atoms with Crippen LogP contribution in [0, 0.1) is 0 Å². The minimum absolute atomic E-state index is 0.0530. The van der Waals surface area contributed by atoms with Gasteiger partial charge in [0.25, 0.3) is 0 Å². The Kier molecular flexibility index (Phi) is 8.12. The Bertz CT molecular complexity index is 1530. The van der Waals surface area contributed by atoms with Gasteiger partial charge >= 0.3 is 5.97 Å². The maximum Gasteiger partial charge on any atom is 0.352 e. The number of fused-ring (bicyclic) bond motifs is 1. The van der Waals surface area contributed by atoms with Crippen molar-refractivity contribution in [1.82, 2.24) is 19.6 Å². The topological polar surface area (TPSA) is 160 Å². The Hall–Kier alpha value is -3.77. The zero-order chi connectivity index (χ0) is 27.4. The van der Waals surface area contributed by atoms with Gasteiger partial charge in [-0.1, -0.05) is 24.3 Å². The predicted octanol–water partition coefficient (Wildman–Crippen LogP) is 2.53. The van der Waals surface area contributed by atoms with Crippen molar-refractivity contribution in [2.24, 2.45) is 0 Å². The molecule has 0 aliphatic carbocycles. The van der Waals surface area contributed by atoms with Crippen molar-refractivity contribution in [3.63, 3.8) is 0 Å². The molecule has 0 aliphatic rings. The number of aliphatic hydroxyl groups excluding tert-OH is 1. The number of benzene rings is 2. The van der Waals surface area contributed by atoms with E-state index in [2.05, 4.69) is 15.0 Å². The van der Waals surface area contributed by atoms with Crippen molar-refractivity contribution in [3.8, 4) is 0 Å². The molecule has 2 unspecified atom stereocenters. The molecule has 200 valence electrons. The van der Waals surface area contributed by atoms with Gasteiger partial charge < -0.3 is 25.8 Å². The molecule has 0 saturated heterocycles. The van der Waals surface area contributed by atoms with E-state index >= 15 is 0 Å². The molecule has 2 heterocycles. The summed E-state index contributed by atoms with van der Waals surface area (Å²) < 4.78 is 28.0. The maximum absolute atomic E-state index is 12.0. The van der Waals surface area contributed by atoms with Crippen LogP contribution in [0.25, 0.3) is 10.9 Å². The van der Waals surface area contributed by atoms with Crippen LogP contribution in [0.1, 0.15) is 40.2 Å². The third kappa shape index (κ3) is 6.20. The monoisotopic (exact) mass is 537 g/mol. The predicted molar refractivity (Wildman–Crippen MR) is 145 cm³/mol. The second kappa shape index (κ2) is 11.3. The molecule has 11 heteroatoms. The van der Waals surface area contributed by atoms with Gasteiger partial charge in [-0.15, -0.1) is 0 Å². The molecule has 0 amide bonds. The van der Waals surface area contributed by atoms with E-state index in [1.165, 1.54) is 19.2 Å². The van der Waals surface area contributed by atoms with E-state index in [1.54, 1.807) is 41.1 Å². The molecule has 4 aromatic rings. The molecular weight excluding hydrogens is 506 g/mol. The third-order valence-electron chi connectivity index (χ3n) is 6.42. The van der Waals surface area contributed by atoms with Gasteiger partial charge in [-0.05, 0) is 67.9 Å². The Morgan fingerprint density at radius 1 is 1.08 bits per heavy atom. The number of nitrogens with two attached hydrogens (primary N) is 1. The molecule has 6 N–H and O–H groups in total. The molecule has 2 aromatic heterocycles.